The summed E-state index contributed by atoms with van der Waals surface area (Å²) >= 11 is 0. The Labute approximate surface area is 152 Å². The standard InChI is InChI=1S/C22H20FNO2/c23-20-10-12-21(13-11-20)24-22(19(14-25)15-26-24)18-8-6-17(7-9-18)16-4-2-1-3-5-16/h1-13,19,22,25H,14-15H2. The van der Waals surface area contributed by atoms with Crippen molar-refractivity contribution in [2.45, 2.75) is 6.04 Å². The zero-order valence-corrected chi connectivity index (χ0v) is 14.3. The number of anilines is 1. The first-order valence-electron chi connectivity index (χ1n) is 8.70. The molecule has 0 bridgehead atoms. The SMILES string of the molecule is OCC1CON(c2ccc(F)cc2)C1c1ccc(-c2ccccc2)cc1. The van der Waals surface area contributed by atoms with Crippen LogP contribution in [0.2, 0.25) is 0 Å². The molecule has 3 aromatic carbocycles. The molecule has 0 saturated carbocycles. The summed E-state index contributed by atoms with van der Waals surface area (Å²) < 4.78 is 13.2. The maximum absolute atomic E-state index is 13.2. The van der Waals surface area contributed by atoms with Crippen LogP contribution in [-0.2, 0) is 4.84 Å². The van der Waals surface area contributed by atoms with Crippen molar-refractivity contribution in [3.63, 3.8) is 0 Å². The molecule has 3 aromatic rings. The number of aliphatic hydroxyl groups excluding tert-OH is 1. The number of hydrogen-bond acceptors (Lipinski definition) is 3. The Morgan fingerprint density at radius 1 is 0.885 bits per heavy atom. The largest absolute Gasteiger partial charge is 0.396 e. The van der Waals surface area contributed by atoms with Crippen LogP contribution in [0.5, 0.6) is 0 Å². The summed E-state index contributed by atoms with van der Waals surface area (Å²) in [4.78, 5) is 5.82. The summed E-state index contributed by atoms with van der Waals surface area (Å²) in [5.74, 6) is -0.321. The van der Waals surface area contributed by atoms with Crippen molar-refractivity contribution < 1.29 is 14.3 Å². The Morgan fingerprint density at radius 2 is 1.54 bits per heavy atom. The molecule has 1 heterocycles. The van der Waals surface area contributed by atoms with E-state index in [1.807, 2.05) is 18.2 Å². The summed E-state index contributed by atoms with van der Waals surface area (Å²) in [5, 5.41) is 11.5. The second kappa shape index (κ2) is 7.28. The Morgan fingerprint density at radius 3 is 2.19 bits per heavy atom. The van der Waals surface area contributed by atoms with Crippen LogP contribution in [-0.4, -0.2) is 18.3 Å². The van der Waals surface area contributed by atoms with E-state index in [0.29, 0.717) is 6.61 Å². The molecule has 4 rings (SSSR count). The zero-order valence-electron chi connectivity index (χ0n) is 14.3. The minimum atomic E-state index is -0.282. The number of halogens is 1. The number of aliphatic hydroxyl groups is 1. The van der Waals surface area contributed by atoms with Gasteiger partial charge in [0, 0.05) is 5.92 Å². The van der Waals surface area contributed by atoms with Crippen molar-refractivity contribution in [2.75, 3.05) is 18.3 Å². The molecule has 132 valence electrons. The van der Waals surface area contributed by atoms with Crippen LogP contribution in [0.4, 0.5) is 10.1 Å². The van der Waals surface area contributed by atoms with Crippen molar-refractivity contribution in [1.29, 1.82) is 0 Å². The molecule has 26 heavy (non-hydrogen) atoms. The van der Waals surface area contributed by atoms with Gasteiger partial charge in [-0.2, -0.15) is 0 Å². The molecular formula is C22H20FNO2. The van der Waals surface area contributed by atoms with Gasteiger partial charge in [-0.05, 0) is 41.0 Å². The monoisotopic (exact) mass is 349 g/mol. The molecule has 2 atom stereocenters. The highest BCUT2D eigenvalue weighted by Crippen LogP contribution is 2.39. The van der Waals surface area contributed by atoms with Gasteiger partial charge in [-0.3, -0.25) is 4.84 Å². The maximum atomic E-state index is 13.2. The molecule has 1 fully saturated rings. The van der Waals surface area contributed by atoms with Gasteiger partial charge in [-0.15, -0.1) is 0 Å². The van der Waals surface area contributed by atoms with Gasteiger partial charge in [-0.1, -0.05) is 54.6 Å². The first-order chi connectivity index (χ1) is 12.8. The molecule has 0 aromatic heterocycles. The fourth-order valence-corrected chi connectivity index (χ4v) is 3.43. The van der Waals surface area contributed by atoms with Crippen LogP contribution >= 0.6 is 0 Å². The molecular weight excluding hydrogens is 329 g/mol. The van der Waals surface area contributed by atoms with Crippen LogP contribution in [0.15, 0.2) is 78.9 Å². The lowest BCUT2D eigenvalue weighted by Gasteiger charge is -2.27. The second-order valence-corrected chi connectivity index (χ2v) is 6.47. The second-order valence-electron chi connectivity index (χ2n) is 6.47. The van der Waals surface area contributed by atoms with Gasteiger partial charge in [0.25, 0.3) is 0 Å². The average molecular weight is 349 g/mol. The van der Waals surface area contributed by atoms with Gasteiger partial charge in [0.15, 0.2) is 0 Å². The summed E-state index contributed by atoms with van der Waals surface area (Å²) in [5.41, 5.74) is 4.14. The van der Waals surface area contributed by atoms with E-state index in [0.717, 1.165) is 22.4 Å². The predicted molar refractivity (Wildman–Crippen MR) is 100 cm³/mol. The summed E-state index contributed by atoms with van der Waals surface area (Å²) in [6.45, 7) is 0.460. The number of benzene rings is 3. The first kappa shape index (κ1) is 16.8. The summed E-state index contributed by atoms with van der Waals surface area (Å²) in [6, 6.07) is 24.6. The summed E-state index contributed by atoms with van der Waals surface area (Å²) in [7, 11) is 0. The normalized spacial score (nSPS) is 19.7. The molecule has 2 unspecified atom stereocenters. The van der Waals surface area contributed by atoms with Crippen LogP contribution < -0.4 is 5.06 Å². The van der Waals surface area contributed by atoms with Crippen molar-refractivity contribution in [2.24, 2.45) is 5.92 Å². The Hall–Kier alpha value is -2.69. The maximum Gasteiger partial charge on any atom is 0.123 e. The van der Waals surface area contributed by atoms with Gasteiger partial charge >= 0.3 is 0 Å². The average Bonchev–Trinajstić information content (AvgIpc) is 3.13. The highest BCUT2D eigenvalue weighted by Gasteiger charge is 2.36. The van der Waals surface area contributed by atoms with Crippen LogP contribution in [0.25, 0.3) is 11.1 Å². The molecule has 0 aliphatic carbocycles. The van der Waals surface area contributed by atoms with Crippen molar-refractivity contribution in [1.82, 2.24) is 0 Å². The number of rotatable bonds is 4. The van der Waals surface area contributed by atoms with Gasteiger partial charge in [0.05, 0.1) is 24.9 Å². The Balaban J connectivity index is 1.65. The van der Waals surface area contributed by atoms with E-state index in [2.05, 4.69) is 36.4 Å². The van der Waals surface area contributed by atoms with Gasteiger partial charge in [0.1, 0.15) is 5.82 Å². The number of nitrogens with zero attached hydrogens (tertiary/aromatic N) is 1. The minimum absolute atomic E-state index is 0.0306. The van der Waals surface area contributed by atoms with E-state index in [4.69, 9.17) is 4.84 Å². The Kier molecular flexibility index (Phi) is 4.69. The van der Waals surface area contributed by atoms with E-state index < -0.39 is 0 Å². The number of hydroxylamine groups is 1. The fourth-order valence-electron chi connectivity index (χ4n) is 3.43. The van der Waals surface area contributed by atoms with E-state index >= 15 is 0 Å². The molecule has 3 nitrogen and oxygen atoms in total. The Bertz CT molecular complexity index is 850. The lowest BCUT2D eigenvalue weighted by atomic mass is 9.93. The van der Waals surface area contributed by atoms with Gasteiger partial charge < -0.3 is 5.11 Å². The molecule has 4 heteroatoms. The van der Waals surface area contributed by atoms with Crippen LogP contribution in [0.3, 0.4) is 0 Å². The van der Waals surface area contributed by atoms with E-state index in [1.54, 1.807) is 17.2 Å². The molecule has 1 aliphatic rings. The van der Waals surface area contributed by atoms with Crippen molar-refractivity contribution in [3.05, 3.63) is 90.2 Å². The van der Waals surface area contributed by atoms with E-state index in [-0.39, 0.29) is 24.4 Å². The first-order valence-corrected chi connectivity index (χ1v) is 8.70. The lowest BCUT2D eigenvalue weighted by Crippen LogP contribution is -2.25. The van der Waals surface area contributed by atoms with Crippen LogP contribution in [0, 0.1) is 11.7 Å². The third-order valence-electron chi connectivity index (χ3n) is 4.80. The van der Waals surface area contributed by atoms with Crippen molar-refractivity contribution in [3.8, 4) is 11.1 Å². The minimum Gasteiger partial charge on any atom is -0.396 e. The van der Waals surface area contributed by atoms with Crippen molar-refractivity contribution >= 4 is 5.69 Å². The molecule has 1 saturated heterocycles. The topological polar surface area (TPSA) is 32.7 Å². The summed E-state index contributed by atoms with van der Waals surface area (Å²) in [6.07, 6.45) is 0. The number of hydrogen-bond donors (Lipinski definition) is 1. The van der Waals surface area contributed by atoms with Gasteiger partial charge in [0.2, 0.25) is 0 Å². The van der Waals surface area contributed by atoms with E-state index in [9.17, 15) is 9.50 Å². The smallest absolute Gasteiger partial charge is 0.123 e. The molecule has 0 spiro atoms. The van der Waals surface area contributed by atoms with Crippen LogP contribution in [0.1, 0.15) is 11.6 Å². The molecule has 0 amide bonds. The predicted octanol–water partition coefficient (Wildman–Crippen LogP) is 4.59. The highest BCUT2D eigenvalue weighted by atomic mass is 19.1. The fraction of sp³-hybridized carbons (Fsp3) is 0.182. The molecule has 1 aliphatic heterocycles. The highest BCUT2D eigenvalue weighted by molar-refractivity contribution is 5.63. The third-order valence-corrected chi connectivity index (χ3v) is 4.80. The molecule has 0 radical (unpaired) electrons. The quantitative estimate of drug-likeness (QED) is 0.747. The molecule has 1 N–H and O–H groups in total. The van der Waals surface area contributed by atoms with Gasteiger partial charge in [-0.25, -0.2) is 9.45 Å². The van der Waals surface area contributed by atoms with E-state index in [1.165, 1.54) is 12.1 Å². The lowest BCUT2D eigenvalue weighted by molar-refractivity contribution is 0.141. The third kappa shape index (κ3) is 3.21. The zero-order chi connectivity index (χ0) is 17.9.